The second-order valence-electron chi connectivity index (χ2n) is 12.1. The van der Waals surface area contributed by atoms with Crippen LogP contribution < -0.4 is 16.0 Å². The van der Waals surface area contributed by atoms with E-state index < -0.39 is 0 Å². The van der Waals surface area contributed by atoms with Crippen molar-refractivity contribution < 1.29 is 19.1 Å². The number of urea groups is 1. The highest BCUT2D eigenvalue weighted by atomic mass is 16.5. The molecule has 0 radical (unpaired) electrons. The normalized spacial score (nSPS) is 16.2. The minimum absolute atomic E-state index is 0.0389. The molecule has 230 valence electrons. The van der Waals surface area contributed by atoms with E-state index in [9.17, 15) is 9.59 Å². The molecule has 2 heterocycles. The van der Waals surface area contributed by atoms with Crippen molar-refractivity contribution in [2.45, 2.75) is 64.7 Å². The molecule has 0 spiro atoms. The van der Waals surface area contributed by atoms with Gasteiger partial charge in [-0.15, -0.1) is 0 Å². The molecule has 10 heteroatoms. The van der Waals surface area contributed by atoms with Crippen molar-refractivity contribution in [3.8, 4) is 5.69 Å². The van der Waals surface area contributed by atoms with Crippen molar-refractivity contribution in [2.75, 3.05) is 24.4 Å². The lowest BCUT2D eigenvalue weighted by molar-refractivity contribution is -0.119. The number of aryl methyl sites for hydroxylation is 1. The quantitative estimate of drug-likeness (QED) is 0.207. The molecule has 5 rings (SSSR count). The van der Waals surface area contributed by atoms with Crippen LogP contribution in [0.2, 0.25) is 0 Å². The number of ether oxygens (including phenoxy) is 2. The Balaban J connectivity index is 1.27. The molecule has 44 heavy (non-hydrogen) atoms. The summed E-state index contributed by atoms with van der Waals surface area (Å²) in [6.45, 7) is 8.66. The minimum atomic E-state index is -0.294. The van der Waals surface area contributed by atoms with Gasteiger partial charge < -0.3 is 20.1 Å². The highest BCUT2D eigenvalue weighted by Crippen LogP contribution is 2.38. The van der Waals surface area contributed by atoms with E-state index in [2.05, 4.69) is 47.8 Å². The van der Waals surface area contributed by atoms with Gasteiger partial charge in [-0.25, -0.2) is 14.5 Å². The highest BCUT2D eigenvalue weighted by molar-refractivity contribution is 5.91. The maximum absolute atomic E-state index is 13.4. The van der Waals surface area contributed by atoms with Crippen LogP contribution >= 0.6 is 0 Å². The molecular formula is C34H40N6O4. The Morgan fingerprint density at radius 2 is 1.73 bits per heavy atom. The van der Waals surface area contributed by atoms with E-state index in [1.807, 2.05) is 61.5 Å². The smallest absolute Gasteiger partial charge is 0.320 e. The molecule has 0 bridgehead atoms. The van der Waals surface area contributed by atoms with Gasteiger partial charge in [-0.2, -0.15) is 5.10 Å². The Morgan fingerprint density at radius 3 is 2.45 bits per heavy atom. The van der Waals surface area contributed by atoms with Crippen LogP contribution in [0.25, 0.3) is 5.69 Å². The first kappa shape index (κ1) is 30.9. The Hall–Kier alpha value is -4.54. The Kier molecular flexibility index (Phi) is 9.41. The molecule has 0 aliphatic heterocycles. The number of benzene rings is 2. The molecule has 1 aliphatic rings. The Bertz CT molecular complexity index is 1610. The first-order chi connectivity index (χ1) is 21.1. The van der Waals surface area contributed by atoms with E-state index in [1.54, 1.807) is 16.9 Å². The first-order valence-electron chi connectivity index (χ1n) is 14.8. The topological polar surface area (TPSA) is 119 Å². The molecule has 0 saturated heterocycles. The fourth-order valence-corrected chi connectivity index (χ4v) is 5.24. The van der Waals surface area contributed by atoms with E-state index in [-0.39, 0.29) is 36.1 Å². The number of anilines is 2. The number of hydrogen-bond acceptors (Lipinski definition) is 6. The molecule has 0 saturated carbocycles. The predicted octanol–water partition coefficient (Wildman–Crippen LogP) is 6.37. The predicted molar refractivity (Wildman–Crippen MR) is 170 cm³/mol. The molecule has 1 aliphatic carbocycles. The number of pyridine rings is 1. The maximum Gasteiger partial charge on any atom is 0.320 e. The molecule has 0 fully saturated rings. The Labute approximate surface area is 258 Å². The molecular weight excluding hydrogens is 556 g/mol. The summed E-state index contributed by atoms with van der Waals surface area (Å²) in [4.78, 5) is 29.5. The molecule has 2 aromatic heterocycles. The second kappa shape index (κ2) is 13.4. The van der Waals surface area contributed by atoms with Gasteiger partial charge in [0, 0.05) is 24.8 Å². The summed E-state index contributed by atoms with van der Waals surface area (Å²) in [7, 11) is 1.47. The third-order valence-electron chi connectivity index (χ3n) is 7.56. The third kappa shape index (κ3) is 7.50. The number of aromatic nitrogens is 3. The van der Waals surface area contributed by atoms with Gasteiger partial charge in [0.05, 0.1) is 30.1 Å². The van der Waals surface area contributed by atoms with E-state index >= 15 is 0 Å². The highest BCUT2D eigenvalue weighted by Gasteiger charge is 2.29. The number of nitrogens with one attached hydrogen (secondary N) is 3. The zero-order valence-corrected chi connectivity index (χ0v) is 25.9. The zero-order valence-electron chi connectivity index (χ0n) is 25.9. The average molecular weight is 597 g/mol. The first-order valence-corrected chi connectivity index (χ1v) is 14.8. The van der Waals surface area contributed by atoms with E-state index in [1.165, 1.54) is 7.11 Å². The van der Waals surface area contributed by atoms with Gasteiger partial charge in [-0.3, -0.25) is 10.1 Å². The van der Waals surface area contributed by atoms with Gasteiger partial charge in [0.2, 0.25) is 0 Å². The van der Waals surface area contributed by atoms with Gasteiger partial charge >= 0.3 is 6.03 Å². The second-order valence-corrected chi connectivity index (χ2v) is 12.1. The number of rotatable bonds is 9. The van der Waals surface area contributed by atoms with Gasteiger partial charge in [0.25, 0.3) is 5.91 Å². The average Bonchev–Trinajstić information content (AvgIpc) is 3.42. The van der Waals surface area contributed by atoms with Crippen LogP contribution in [0, 0.1) is 6.92 Å². The molecule has 0 unspecified atom stereocenters. The maximum atomic E-state index is 13.4. The summed E-state index contributed by atoms with van der Waals surface area (Å²) in [6, 6.07) is 21.2. The van der Waals surface area contributed by atoms with Crippen molar-refractivity contribution in [1.82, 2.24) is 20.1 Å². The lowest BCUT2D eigenvalue weighted by Gasteiger charge is -2.32. The SMILES string of the molecule is COCC(=O)Nc1cc(CO[C@@H]2CC[C@H](NC(=O)Nc3cc(C(C)(C)C)nn3-c3ccc(C)cc3)c3ccccc32)ccn1. The van der Waals surface area contributed by atoms with Crippen LogP contribution in [0.15, 0.2) is 72.9 Å². The molecule has 10 nitrogen and oxygen atoms in total. The fraction of sp³-hybridized carbons (Fsp3) is 0.353. The monoisotopic (exact) mass is 596 g/mol. The van der Waals surface area contributed by atoms with Crippen molar-refractivity contribution >= 4 is 23.6 Å². The van der Waals surface area contributed by atoms with Crippen LogP contribution in [0.4, 0.5) is 16.4 Å². The summed E-state index contributed by atoms with van der Waals surface area (Å²) in [5, 5.41) is 13.8. The summed E-state index contributed by atoms with van der Waals surface area (Å²) in [5.74, 6) is 0.790. The third-order valence-corrected chi connectivity index (χ3v) is 7.56. The van der Waals surface area contributed by atoms with Crippen LogP contribution in [0.5, 0.6) is 0 Å². The molecule has 3 N–H and O–H groups in total. The molecule has 3 amide bonds. The van der Waals surface area contributed by atoms with Crippen molar-refractivity contribution in [1.29, 1.82) is 0 Å². The number of fused-ring (bicyclic) bond motifs is 1. The fourth-order valence-electron chi connectivity index (χ4n) is 5.24. The molecule has 2 atom stereocenters. The summed E-state index contributed by atoms with van der Waals surface area (Å²) < 4.78 is 13.0. The van der Waals surface area contributed by atoms with Crippen LogP contribution in [-0.2, 0) is 26.3 Å². The number of carbonyl (C=O) groups excluding carboxylic acids is 2. The van der Waals surface area contributed by atoms with Gasteiger partial charge in [0.1, 0.15) is 18.2 Å². The van der Waals surface area contributed by atoms with Crippen LogP contribution in [0.3, 0.4) is 0 Å². The largest absolute Gasteiger partial charge is 0.375 e. The summed E-state index contributed by atoms with van der Waals surface area (Å²) in [6.07, 6.45) is 2.96. The van der Waals surface area contributed by atoms with Crippen LogP contribution in [-0.4, -0.2) is 40.4 Å². The molecule has 2 aromatic carbocycles. The summed E-state index contributed by atoms with van der Waals surface area (Å²) >= 11 is 0. The Morgan fingerprint density at radius 1 is 0.977 bits per heavy atom. The number of hydrogen-bond donors (Lipinski definition) is 3. The standard InChI is InChI=1S/C34H40N6O4/c1-22-10-12-24(13-11-22)40-31(19-29(39-40)34(2,3)4)38-33(42)36-27-14-15-28(26-9-7-6-8-25(26)27)44-20-23-16-17-35-30(18-23)37-32(41)21-43-5/h6-13,16-19,27-28H,14-15,20-21H2,1-5H3,(H,35,37,41)(H2,36,38,42)/t27-,28+/m0/s1. The summed E-state index contributed by atoms with van der Waals surface area (Å²) in [5.41, 5.74) is 5.70. The number of carbonyl (C=O) groups is 2. The van der Waals surface area contributed by atoms with Gasteiger partial charge in [-0.1, -0.05) is 62.7 Å². The van der Waals surface area contributed by atoms with E-state index in [4.69, 9.17) is 14.6 Å². The van der Waals surface area contributed by atoms with Crippen molar-refractivity contribution in [3.63, 3.8) is 0 Å². The van der Waals surface area contributed by atoms with Crippen LogP contribution in [0.1, 0.15) is 73.7 Å². The van der Waals surface area contributed by atoms with Gasteiger partial charge in [0.15, 0.2) is 0 Å². The number of amides is 3. The van der Waals surface area contributed by atoms with Gasteiger partial charge in [-0.05, 0) is 60.7 Å². The lowest BCUT2D eigenvalue weighted by atomic mass is 9.85. The van der Waals surface area contributed by atoms with E-state index in [0.717, 1.165) is 40.1 Å². The van der Waals surface area contributed by atoms with E-state index in [0.29, 0.717) is 24.7 Å². The lowest BCUT2D eigenvalue weighted by Crippen LogP contribution is -2.35. The zero-order chi connectivity index (χ0) is 31.3. The van der Waals surface area contributed by atoms with Crippen molar-refractivity contribution in [3.05, 3.63) is 101 Å². The minimum Gasteiger partial charge on any atom is -0.375 e. The molecule has 4 aromatic rings. The van der Waals surface area contributed by atoms with Crippen molar-refractivity contribution in [2.24, 2.45) is 0 Å². The number of methoxy groups -OCH3 is 1. The number of nitrogens with zero attached hydrogens (tertiary/aromatic N) is 3.